The van der Waals surface area contributed by atoms with Crippen LogP contribution in [0.1, 0.15) is 43.5 Å². The number of ether oxygens (including phenoxy) is 1. The zero-order valence-corrected chi connectivity index (χ0v) is 10.9. The van der Waals surface area contributed by atoms with Gasteiger partial charge in [0.15, 0.2) is 0 Å². The maximum Gasteiger partial charge on any atom is 0.0586 e. The van der Waals surface area contributed by atoms with E-state index in [-0.39, 0.29) is 0 Å². The third-order valence-electron chi connectivity index (χ3n) is 3.45. The van der Waals surface area contributed by atoms with Gasteiger partial charge in [0.05, 0.1) is 6.10 Å². The molecule has 0 amide bonds. The first-order chi connectivity index (χ1) is 7.83. The Hall–Kier alpha value is -0.380. The molecule has 1 heterocycles. The average molecular weight is 239 g/mol. The van der Waals surface area contributed by atoms with Gasteiger partial charge in [-0.15, -0.1) is 11.3 Å². The lowest BCUT2D eigenvalue weighted by atomic mass is 10.1. The monoisotopic (exact) mass is 239 g/mol. The van der Waals surface area contributed by atoms with Gasteiger partial charge in [-0.2, -0.15) is 0 Å². The van der Waals surface area contributed by atoms with Gasteiger partial charge in [-0.05, 0) is 37.1 Å². The van der Waals surface area contributed by atoms with Crippen molar-refractivity contribution in [2.24, 2.45) is 0 Å². The second-order valence-corrected chi connectivity index (χ2v) is 5.49. The van der Waals surface area contributed by atoms with E-state index in [1.54, 1.807) is 0 Å². The molecular weight excluding hydrogens is 218 g/mol. The molecule has 2 rings (SSSR count). The number of rotatable bonds is 5. The average Bonchev–Trinajstić information content (AvgIpc) is 2.96. The van der Waals surface area contributed by atoms with Crippen LogP contribution in [0.5, 0.6) is 0 Å². The highest BCUT2D eigenvalue weighted by molar-refractivity contribution is 7.10. The molecule has 1 aromatic rings. The summed E-state index contributed by atoms with van der Waals surface area (Å²) in [4.78, 5) is 1.46. The second kappa shape index (κ2) is 5.80. The summed E-state index contributed by atoms with van der Waals surface area (Å²) in [6.45, 7) is 2.25. The van der Waals surface area contributed by atoms with Crippen LogP contribution in [0.3, 0.4) is 0 Å². The topological polar surface area (TPSA) is 21.3 Å². The van der Waals surface area contributed by atoms with Gasteiger partial charge in [0, 0.05) is 24.1 Å². The van der Waals surface area contributed by atoms with Gasteiger partial charge >= 0.3 is 0 Å². The third kappa shape index (κ3) is 2.84. The molecule has 3 atom stereocenters. The number of hydrogen-bond acceptors (Lipinski definition) is 3. The Morgan fingerprint density at radius 1 is 1.56 bits per heavy atom. The first kappa shape index (κ1) is 12.1. The van der Waals surface area contributed by atoms with Crippen LogP contribution in [0.2, 0.25) is 0 Å². The summed E-state index contributed by atoms with van der Waals surface area (Å²) in [6.07, 6.45) is 5.25. The van der Waals surface area contributed by atoms with Crippen molar-refractivity contribution in [2.45, 2.75) is 50.8 Å². The van der Waals surface area contributed by atoms with Gasteiger partial charge < -0.3 is 10.1 Å². The van der Waals surface area contributed by atoms with Crippen LogP contribution in [0.25, 0.3) is 0 Å². The molecule has 0 aliphatic heterocycles. The van der Waals surface area contributed by atoms with Gasteiger partial charge in [-0.1, -0.05) is 13.0 Å². The molecule has 3 heteroatoms. The fourth-order valence-electron chi connectivity index (χ4n) is 2.48. The highest BCUT2D eigenvalue weighted by atomic mass is 32.1. The molecule has 0 saturated heterocycles. The summed E-state index contributed by atoms with van der Waals surface area (Å²) in [5.74, 6) is 0. The Morgan fingerprint density at radius 3 is 3.00 bits per heavy atom. The van der Waals surface area contributed by atoms with E-state index in [4.69, 9.17) is 4.74 Å². The molecule has 16 heavy (non-hydrogen) atoms. The van der Waals surface area contributed by atoms with E-state index in [1.807, 2.05) is 18.4 Å². The van der Waals surface area contributed by atoms with Gasteiger partial charge in [-0.3, -0.25) is 0 Å². The molecule has 90 valence electrons. The van der Waals surface area contributed by atoms with Crippen molar-refractivity contribution in [3.8, 4) is 0 Å². The molecule has 2 nitrogen and oxygen atoms in total. The van der Waals surface area contributed by atoms with Crippen molar-refractivity contribution in [3.05, 3.63) is 22.4 Å². The Morgan fingerprint density at radius 2 is 2.44 bits per heavy atom. The summed E-state index contributed by atoms with van der Waals surface area (Å²) in [6, 6.07) is 5.53. The van der Waals surface area contributed by atoms with Crippen LogP contribution < -0.4 is 5.32 Å². The zero-order chi connectivity index (χ0) is 11.4. The lowest BCUT2D eigenvalue weighted by molar-refractivity contribution is 0.106. The molecule has 1 aromatic heterocycles. The summed E-state index contributed by atoms with van der Waals surface area (Å²) < 4.78 is 5.41. The van der Waals surface area contributed by atoms with E-state index in [1.165, 1.54) is 24.1 Å². The predicted octanol–water partition coefficient (Wildman–Crippen LogP) is 3.36. The largest absolute Gasteiger partial charge is 0.381 e. The minimum absolute atomic E-state index is 0.471. The van der Waals surface area contributed by atoms with Gasteiger partial charge in [0.25, 0.3) is 0 Å². The van der Waals surface area contributed by atoms with Gasteiger partial charge in [0.1, 0.15) is 0 Å². The summed E-state index contributed by atoms with van der Waals surface area (Å²) >= 11 is 1.85. The molecule has 1 N–H and O–H groups in total. The quantitative estimate of drug-likeness (QED) is 0.850. The number of methoxy groups -OCH3 is 1. The third-order valence-corrected chi connectivity index (χ3v) is 4.44. The predicted molar refractivity (Wildman–Crippen MR) is 68.9 cm³/mol. The number of nitrogens with one attached hydrogen (secondary N) is 1. The lowest BCUT2D eigenvalue weighted by Crippen LogP contribution is -2.30. The molecule has 0 spiro atoms. The van der Waals surface area contributed by atoms with Crippen molar-refractivity contribution >= 4 is 11.3 Å². The lowest BCUT2D eigenvalue weighted by Gasteiger charge is -2.21. The SMILES string of the molecule is CCC(NC1CCC(OC)C1)c1cccs1. The Labute approximate surface area is 102 Å². The van der Waals surface area contributed by atoms with E-state index in [0.29, 0.717) is 18.2 Å². The molecule has 3 unspecified atom stereocenters. The number of thiophene rings is 1. The second-order valence-electron chi connectivity index (χ2n) is 4.51. The molecule has 1 aliphatic rings. The number of hydrogen-bond donors (Lipinski definition) is 1. The molecular formula is C13H21NOS. The highest BCUT2D eigenvalue weighted by Gasteiger charge is 2.26. The molecule has 1 fully saturated rings. The standard InChI is InChI=1S/C13H21NOS/c1-3-12(13-5-4-8-16-13)14-10-6-7-11(9-10)15-2/h4-5,8,10-12,14H,3,6-7,9H2,1-2H3. The van der Waals surface area contributed by atoms with Crippen molar-refractivity contribution < 1.29 is 4.74 Å². The van der Waals surface area contributed by atoms with Crippen molar-refractivity contribution in [1.29, 1.82) is 0 Å². The summed E-state index contributed by atoms with van der Waals surface area (Å²) in [5.41, 5.74) is 0. The maximum absolute atomic E-state index is 5.41. The van der Waals surface area contributed by atoms with E-state index in [9.17, 15) is 0 Å². The zero-order valence-electron chi connectivity index (χ0n) is 10.1. The van der Waals surface area contributed by atoms with Gasteiger partial charge in [0.2, 0.25) is 0 Å². The Bertz CT molecular complexity index is 299. The molecule has 0 bridgehead atoms. The normalized spacial score (nSPS) is 27.1. The smallest absolute Gasteiger partial charge is 0.0586 e. The van der Waals surface area contributed by atoms with E-state index >= 15 is 0 Å². The highest BCUT2D eigenvalue weighted by Crippen LogP contribution is 2.27. The van der Waals surface area contributed by atoms with Crippen LogP contribution in [0.15, 0.2) is 17.5 Å². The fourth-order valence-corrected chi connectivity index (χ4v) is 3.35. The van der Waals surface area contributed by atoms with Crippen molar-refractivity contribution in [1.82, 2.24) is 5.32 Å². The Balaban J connectivity index is 1.88. The first-order valence-electron chi connectivity index (χ1n) is 6.15. The van der Waals surface area contributed by atoms with Crippen molar-refractivity contribution in [3.63, 3.8) is 0 Å². The summed E-state index contributed by atoms with van der Waals surface area (Å²) in [5, 5.41) is 5.92. The first-order valence-corrected chi connectivity index (χ1v) is 7.03. The van der Waals surface area contributed by atoms with Crippen LogP contribution in [0, 0.1) is 0 Å². The summed E-state index contributed by atoms with van der Waals surface area (Å²) in [7, 11) is 1.82. The molecule has 0 aromatic carbocycles. The Kier molecular flexibility index (Phi) is 4.38. The van der Waals surface area contributed by atoms with E-state index in [2.05, 4.69) is 29.8 Å². The molecule has 1 aliphatic carbocycles. The molecule has 0 radical (unpaired) electrons. The van der Waals surface area contributed by atoms with E-state index in [0.717, 1.165) is 6.42 Å². The van der Waals surface area contributed by atoms with Crippen molar-refractivity contribution in [2.75, 3.05) is 7.11 Å². The fraction of sp³-hybridized carbons (Fsp3) is 0.692. The van der Waals surface area contributed by atoms with Gasteiger partial charge in [-0.25, -0.2) is 0 Å². The minimum Gasteiger partial charge on any atom is -0.381 e. The van der Waals surface area contributed by atoms with Crippen LogP contribution in [-0.4, -0.2) is 19.3 Å². The maximum atomic E-state index is 5.41. The van der Waals surface area contributed by atoms with Crippen LogP contribution in [0.4, 0.5) is 0 Å². The van der Waals surface area contributed by atoms with E-state index < -0.39 is 0 Å². The van der Waals surface area contributed by atoms with Crippen LogP contribution >= 0.6 is 11.3 Å². The minimum atomic E-state index is 0.471. The van der Waals surface area contributed by atoms with Crippen LogP contribution in [-0.2, 0) is 4.74 Å². The molecule has 1 saturated carbocycles.